The SMILES string of the molecule is Cc1cccc(CNc2cc(NCc3ccc(Cl)cc3)ncn2)c1. The average molecular weight is 339 g/mol. The van der Waals surface area contributed by atoms with Gasteiger partial charge in [0.05, 0.1) is 0 Å². The van der Waals surface area contributed by atoms with Gasteiger partial charge in [-0.1, -0.05) is 53.6 Å². The third-order valence-corrected chi connectivity index (χ3v) is 3.86. The zero-order valence-electron chi connectivity index (χ0n) is 13.5. The highest BCUT2D eigenvalue weighted by Crippen LogP contribution is 2.14. The molecule has 0 aliphatic rings. The molecule has 0 aliphatic heterocycles. The van der Waals surface area contributed by atoms with E-state index in [-0.39, 0.29) is 0 Å². The lowest BCUT2D eigenvalue weighted by atomic mass is 10.1. The predicted octanol–water partition coefficient (Wildman–Crippen LogP) is 4.66. The van der Waals surface area contributed by atoms with Crippen molar-refractivity contribution < 1.29 is 0 Å². The number of hydrogen-bond acceptors (Lipinski definition) is 4. The van der Waals surface area contributed by atoms with Crippen molar-refractivity contribution in [2.24, 2.45) is 0 Å². The van der Waals surface area contributed by atoms with Crippen LogP contribution in [0.4, 0.5) is 11.6 Å². The van der Waals surface area contributed by atoms with Crippen LogP contribution in [-0.4, -0.2) is 9.97 Å². The zero-order chi connectivity index (χ0) is 16.8. The number of anilines is 2. The lowest BCUT2D eigenvalue weighted by molar-refractivity contribution is 1.05. The van der Waals surface area contributed by atoms with Gasteiger partial charge in [-0.2, -0.15) is 0 Å². The van der Waals surface area contributed by atoms with E-state index in [1.165, 1.54) is 11.1 Å². The normalized spacial score (nSPS) is 10.4. The molecule has 1 aromatic heterocycles. The molecule has 24 heavy (non-hydrogen) atoms. The monoisotopic (exact) mass is 338 g/mol. The van der Waals surface area contributed by atoms with Crippen LogP contribution in [0.5, 0.6) is 0 Å². The van der Waals surface area contributed by atoms with Gasteiger partial charge in [-0.05, 0) is 30.2 Å². The maximum absolute atomic E-state index is 5.90. The fourth-order valence-electron chi connectivity index (χ4n) is 2.36. The quantitative estimate of drug-likeness (QED) is 0.686. The number of nitrogens with one attached hydrogen (secondary N) is 2. The molecule has 0 aliphatic carbocycles. The molecule has 4 nitrogen and oxygen atoms in total. The highest BCUT2D eigenvalue weighted by molar-refractivity contribution is 6.30. The number of halogens is 1. The minimum Gasteiger partial charge on any atom is -0.366 e. The molecule has 5 heteroatoms. The fourth-order valence-corrected chi connectivity index (χ4v) is 2.49. The largest absolute Gasteiger partial charge is 0.366 e. The highest BCUT2D eigenvalue weighted by atomic mass is 35.5. The molecular formula is C19H19ClN4. The second-order valence-electron chi connectivity index (χ2n) is 5.61. The van der Waals surface area contributed by atoms with E-state index < -0.39 is 0 Å². The number of aromatic nitrogens is 2. The minimum atomic E-state index is 0.686. The maximum atomic E-state index is 5.90. The van der Waals surface area contributed by atoms with Gasteiger partial charge >= 0.3 is 0 Å². The predicted molar refractivity (Wildman–Crippen MR) is 99.3 cm³/mol. The van der Waals surface area contributed by atoms with Gasteiger partial charge in [0.2, 0.25) is 0 Å². The van der Waals surface area contributed by atoms with Crippen LogP contribution in [0.15, 0.2) is 60.9 Å². The lowest BCUT2D eigenvalue weighted by Crippen LogP contribution is -2.05. The van der Waals surface area contributed by atoms with Crippen LogP contribution in [0.25, 0.3) is 0 Å². The van der Waals surface area contributed by atoms with Gasteiger partial charge in [0.1, 0.15) is 18.0 Å². The number of hydrogen-bond donors (Lipinski definition) is 2. The second kappa shape index (κ2) is 7.79. The van der Waals surface area contributed by atoms with Crippen LogP contribution in [0.3, 0.4) is 0 Å². The van der Waals surface area contributed by atoms with Crippen molar-refractivity contribution >= 4 is 23.2 Å². The van der Waals surface area contributed by atoms with Crippen LogP contribution in [-0.2, 0) is 13.1 Å². The van der Waals surface area contributed by atoms with Crippen molar-refractivity contribution in [3.8, 4) is 0 Å². The van der Waals surface area contributed by atoms with Crippen molar-refractivity contribution in [3.05, 3.63) is 82.6 Å². The van der Waals surface area contributed by atoms with E-state index in [0.29, 0.717) is 6.54 Å². The zero-order valence-corrected chi connectivity index (χ0v) is 14.2. The van der Waals surface area contributed by atoms with Crippen LogP contribution >= 0.6 is 11.6 Å². The fraction of sp³-hybridized carbons (Fsp3) is 0.158. The smallest absolute Gasteiger partial charge is 0.131 e. The number of nitrogens with zero attached hydrogens (tertiary/aromatic N) is 2. The lowest BCUT2D eigenvalue weighted by Gasteiger charge is -2.09. The molecule has 0 unspecified atom stereocenters. The minimum absolute atomic E-state index is 0.686. The first-order valence-electron chi connectivity index (χ1n) is 7.79. The van der Waals surface area contributed by atoms with Crippen LogP contribution in [0.2, 0.25) is 5.02 Å². The summed E-state index contributed by atoms with van der Waals surface area (Å²) in [6.07, 6.45) is 1.56. The summed E-state index contributed by atoms with van der Waals surface area (Å²) in [4.78, 5) is 8.52. The summed E-state index contributed by atoms with van der Waals surface area (Å²) in [7, 11) is 0. The Morgan fingerprint density at radius 1 is 0.833 bits per heavy atom. The van der Waals surface area contributed by atoms with Crippen molar-refractivity contribution in [2.75, 3.05) is 10.6 Å². The average Bonchev–Trinajstić information content (AvgIpc) is 2.60. The van der Waals surface area contributed by atoms with E-state index in [1.54, 1.807) is 6.33 Å². The molecule has 122 valence electrons. The molecule has 3 aromatic rings. The number of benzene rings is 2. The van der Waals surface area contributed by atoms with E-state index in [4.69, 9.17) is 11.6 Å². The molecule has 0 atom stereocenters. The summed E-state index contributed by atoms with van der Waals surface area (Å²) in [5.41, 5.74) is 3.62. The van der Waals surface area contributed by atoms with Gasteiger partial charge < -0.3 is 10.6 Å². The van der Waals surface area contributed by atoms with Crippen LogP contribution in [0.1, 0.15) is 16.7 Å². The molecule has 0 saturated carbocycles. The van der Waals surface area contributed by atoms with E-state index >= 15 is 0 Å². The van der Waals surface area contributed by atoms with Crippen molar-refractivity contribution in [1.82, 2.24) is 9.97 Å². The molecule has 3 rings (SSSR count). The molecule has 0 bridgehead atoms. The molecule has 0 spiro atoms. The van der Waals surface area contributed by atoms with E-state index in [9.17, 15) is 0 Å². The number of rotatable bonds is 6. The molecule has 2 N–H and O–H groups in total. The van der Waals surface area contributed by atoms with E-state index in [2.05, 4.69) is 51.8 Å². The van der Waals surface area contributed by atoms with E-state index in [0.717, 1.165) is 28.8 Å². The highest BCUT2D eigenvalue weighted by Gasteiger charge is 2.00. The second-order valence-corrected chi connectivity index (χ2v) is 6.05. The Hall–Kier alpha value is -2.59. The Balaban J connectivity index is 1.58. The third-order valence-electron chi connectivity index (χ3n) is 3.61. The summed E-state index contributed by atoms with van der Waals surface area (Å²) >= 11 is 5.90. The Labute approximate surface area is 146 Å². The Morgan fingerprint density at radius 2 is 1.50 bits per heavy atom. The first-order valence-corrected chi connectivity index (χ1v) is 8.16. The maximum Gasteiger partial charge on any atom is 0.131 e. The molecule has 1 heterocycles. The Morgan fingerprint density at radius 3 is 2.17 bits per heavy atom. The molecule has 0 amide bonds. The van der Waals surface area contributed by atoms with Crippen LogP contribution in [0, 0.1) is 6.92 Å². The van der Waals surface area contributed by atoms with Gasteiger partial charge in [-0.3, -0.25) is 0 Å². The summed E-state index contributed by atoms with van der Waals surface area (Å²) < 4.78 is 0. The molecular weight excluding hydrogens is 320 g/mol. The number of aryl methyl sites for hydroxylation is 1. The standard InChI is InChI=1S/C19H19ClN4/c1-14-3-2-4-16(9-14)12-22-19-10-18(23-13-24-19)21-11-15-5-7-17(20)8-6-15/h2-10,13H,11-12H2,1H3,(H2,21,22,23,24). The Bertz CT molecular complexity index is 802. The molecule has 0 radical (unpaired) electrons. The molecule has 0 saturated heterocycles. The van der Waals surface area contributed by atoms with Crippen molar-refractivity contribution in [3.63, 3.8) is 0 Å². The Kier molecular flexibility index (Phi) is 5.29. The summed E-state index contributed by atoms with van der Waals surface area (Å²) in [6, 6.07) is 18.1. The summed E-state index contributed by atoms with van der Waals surface area (Å²) in [5, 5.41) is 7.36. The van der Waals surface area contributed by atoms with Gasteiger partial charge in [0.15, 0.2) is 0 Å². The van der Waals surface area contributed by atoms with E-state index in [1.807, 2.05) is 30.3 Å². The van der Waals surface area contributed by atoms with Gasteiger partial charge in [-0.15, -0.1) is 0 Å². The molecule has 2 aromatic carbocycles. The first kappa shape index (κ1) is 16.3. The summed E-state index contributed by atoms with van der Waals surface area (Å²) in [6.45, 7) is 3.51. The van der Waals surface area contributed by atoms with Gasteiger partial charge in [0, 0.05) is 24.2 Å². The van der Waals surface area contributed by atoms with Crippen molar-refractivity contribution in [2.45, 2.75) is 20.0 Å². The summed E-state index contributed by atoms with van der Waals surface area (Å²) in [5.74, 6) is 1.58. The molecule has 0 fully saturated rings. The first-order chi connectivity index (χ1) is 11.7. The van der Waals surface area contributed by atoms with Gasteiger partial charge in [0.25, 0.3) is 0 Å². The van der Waals surface area contributed by atoms with Crippen LogP contribution < -0.4 is 10.6 Å². The van der Waals surface area contributed by atoms with Gasteiger partial charge in [-0.25, -0.2) is 9.97 Å². The third kappa shape index (κ3) is 4.70. The topological polar surface area (TPSA) is 49.8 Å². The van der Waals surface area contributed by atoms with Crippen molar-refractivity contribution in [1.29, 1.82) is 0 Å².